The summed E-state index contributed by atoms with van der Waals surface area (Å²) in [5.41, 5.74) is -0.583. The SMILES string of the molecule is CC(C)(C)OC(=O)OC1CCCC(C23C=CC(CC2)O3)C1. The van der Waals surface area contributed by atoms with Gasteiger partial charge in [-0.1, -0.05) is 12.2 Å². The molecule has 0 aromatic carbocycles. The lowest BCUT2D eigenvalue weighted by molar-refractivity contribution is -0.0680. The van der Waals surface area contributed by atoms with Crippen LogP contribution in [-0.2, 0) is 14.2 Å². The number of rotatable bonds is 2. The molecular weight excluding hydrogens is 268 g/mol. The second-order valence-corrected chi connectivity index (χ2v) is 7.58. The van der Waals surface area contributed by atoms with E-state index < -0.39 is 11.8 Å². The molecule has 2 heterocycles. The Morgan fingerprint density at radius 1 is 1.29 bits per heavy atom. The predicted molar refractivity (Wildman–Crippen MR) is 79.0 cm³/mol. The smallest absolute Gasteiger partial charge is 0.431 e. The van der Waals surface area contributed by atoms with E-state index in [0.29, 0.717) is 12.0 Å². The van der Waals surface area contributed by atoms with E-state index in [1.54, 1.807) is 0 Å². The van der Waals surface area contributed by atoms with E-state index in [9.17, 15) is 4.79 Å². The van der Waals surface area contributed by atoms with Crippen LogP contribution in [-0.4, -0.2) is 29.6 Å². The Hall–Kier alpha value is -1.03. The predicted octanol–water partition coefficient (Wildman–Crippen LogP) is 3.98. The fourth-order valence-corrected chi connectivity index (χ4v) is 3.84. The summed E-state index contributed by atoms with van der Waals surface area (Å²) < 4.78 is 16.9. The molecule has 0 aromatic heterocycles. The first-order valence-electron chi connectivity index (χ1n) is 8.13. The number of ether oxygens (including phenoxy) is 3. The molecule has 0 radical (unpaired) electrons. The van der Waals surface area contributed by atoms with E-state index in [1.165, 1.54) is 0 Å². The Morgan fingerprint density at radius 2 is 2.10 bits per heavy atom. The van der Waals surface area contributed by atoms with Gasteiger partial charge in [-0.2, -0.15) is 0 Å². The van der Waals surface area contributed by atoms with Crippen LogP contribution >= 0.6 is 0 Å². The zero-order valence-electron chi connectivity index (χ0n) is 13.3. The number of hydrogen-bond donors (Lipinski definition) is 0. The second kappa shape index (κ2) is 5.31. The largest absolute Gasteiger partial charge is 0.509 e. The topological polar surface area (TPSA) is 44.8 Å². The number of carbonyl (C=O) groups is 1. The average Bonchev–Trinajstić information content (AvgIpc) is 2.98. The molecule has 2 aliphatic heterocycles. The van der Waals surface area contributed by atoms with E-state index in [-0.39, 0.29) is 11.7 Å². The average molecular weight is 294 g/mol. The maximum Gasteiger partial charge on any atom is 0.509 e. The number of fused-ring (bicyclic) bond motifs is 2. The van der Waals surface area contributed by atoms with Gasteiger partial charge in [0.1, 0.15) is 11.7 Å². The normalized spacial score (nSPS) is 38.5. The fraction of sp³-hybridized carbons (Fsp3) is 0.824. The zero-order chi connectivity index (χ0) is 15.1. The van der Waals surface area contributed by atoms with E-state index in [0.717, 1.165) is 38.5 Å². The Balaban J connectivity index is 1.57. The Bertz CT molecular complexity index is 437. The summed E-state index contributed by atoms with van der Waals surface area (Å²) >= 11 is 0. The molecule has 0 aromatic rings. The number of carbonyl (C=O) groups excluding carboxylic acids is 1. The van der Waals surface area contributed by atoms with Crippen molar-refractivity contribution in [3.63, 3.8) is 0 Å². The van der Waals surface area contributed by atoms with Gasteiger partial charge < -0.3 is 14.2 Å². The van der Waals surface area contributed by atoms with Crippen molar-refractivity contribution in [2.45, 2.75) is 82.7 Å². The van der Waals surface area contributed by atoms with Crippen molar-refractivity contribution < 1.29 is 19.0 Å². The summed E-state index contributed by atoms with van der Waals surface area (Å²) in [7, 11) is 0. The highest BCUT2D eigenvalue weighted by molar-refractivity contribution is 5.60. The third-order valence-electron chi connectivity index (χ3n) is 4.75. The van der Waals surface area contributed by atoms with E-state index in [1.807, 2.05) is 20.8 Å². The summed E-state index contributed by atoms with van der Waals surface area (Å²) in [4.78, 5) is 11.8. The first-order chi connectivity index (χ1) is 9.86. The molecule has 1 saturated heterocycles. The fourth-order valence-electron chi connectivity index (χ4n) is 3.84. The first kappa shape index (κ1) is 14.9. The second-order valence-electron chi connectivity index (χ2n) is 7.58. The van der Waals surface area contributed by atoms with Gasteiger partial charge in [0.2, 0.25) is 0 Å². The van der Waals surface area contributed by atoms with Crippen LogP contribution in [0.4, 0.5) is 4.79 Å². The van der Waals surface area contributed by atoms with Crippen LogP contribution in [0.15, 0.2) is 12.2 Å². The molecule has 4 unspecified atom stereocenters. The van der Waals surface area contributed by atoms with Gasteiger partial charge in [0.05, 0.1) is 11.7 Å². The van der Waals surface area contributed by atoms with Gasteiger partial charge in [-0.05, 0) is 65.2 Å². The van der Waals surface area contributed by atoms with Gasteiger partial charge >= 0.3 is 6.16 Å². The van der Waals surface area contributed by atoms with Crippen molar-refractivity contribution in [2.75, 3.05) is 0 Å². The van der Waals surface area contributed by atoms with Crippen LogP contribution < -0.4 is 0 Å². The minimum Gasteiger partial charge on any atom is -0.431 e. The van der Waals surface area contributed by atoms with Crippen molar-refractivity contribution in [1.29, 1.82) is 0 Å². The monoisotopic (exact) mass is 294 g/mol. The maximum absolute atomic E-state index is 11.8. The highest BCUT2D eigenvalue weighted by Crippen LogP contribution is 2.48. The van der Waals surface area contributed by atoms with Gasteiger partial charge in [-0.15, -0.1) is 0 Å². The molecule has 0 amide bonds. The highest BCUT2D eigenvalue weighted by Gasteiger charge is 2.49. The van der Waals surface area contributed by atoms with Crippen LogP contribution in [0.25, 0.3) is 0 Å². The van der Waals surface area contributed by atoms with E-state index in [2.05, 4.69) is 12.2 Å². The van der Waals surface area contributed by atoms with Crippen LogP contribution in [0.2, 0.25) is 0 Å². The van der Waals surface area contributed by atoms with Gasteiger partial charge in [-0.3, -0.25) is 0 Å². The molecule has 2 fully saturated rings. The van der Waals surface area contributed by atoms with Gasteiger partial charge in [-0.25, -0.2) is 4.79 Å². The summed E-state index contributed by atoms with van der Waals surface area (Å²) in [6.07, 6.45) is 10.5. The zero-order valence-corrected chi connectivity index (χ0v) is 13.3. The van der Waals surface area contributed by atoms with Crippen LogP contribution in [0, 0.1) is 5.92 Å². The third kappa shape index (κ3) is 3.25. The van der Waals surface area contributed by atoms with Crippen molar-refractivity contribution in [2.24, 2.45) is 5.92 Å². The van der Waals surface area contributed by atoms with Gasteiger partial charge in [0.25, 0.3) is 0 Å². The summed E-state index contributed by atoms with van der Waals surface area (Å²) in [5, 5.41) is 0. The molecule has 118 valence electrons. The minimum atomic E-state index is -0.544. The molecule has 4 nitrogen and oxygen atoms in total. The standard InChI is InChI=1S/C17H26O4/c1-16(2,3)21-15(18)19-14-6-4-5-12(11-14)17-9-7-13(20-17)8-10-17/h7,9,12-14H,4-6,8,10-11H2,1-3H3. The van der Waals surface area contributed by atoms with Crippen LogP contribution in [0.5, 0.6) is 0 Å². The lowest BCUT2D eigenvalue weighted by Gasteiger charge is -2.38. The molecule has 1 saturated carbocycles. The highest BCUT2D eigenvalue weighted by atomic mass is 16.7. The lowest BCUT2D eigenvalue weighted by Crippen LogP contribution is -2.40. The maximum atomic E-state index is 11.8. The summed E-state index contributed by atoms with van der Waals surface area (Å²) in [5.74, 6) is 0.461. The van der Waals surface area contributed by atoms with E-state index >= 15 is 0 Å². The molecule has 2 bridgehead atoms. The lowest BCUT2D eigenvalue weighted by atomic mass is 9.73. The van der Waals surface area contributed by atoms with Gasteiger partial charge in [0, 0.05) is 0 Å². The van der Waals surface area contributed by atoms with E-state index in [4.69, 9.17) is 14.2 Å². The van der Waals surface area contributed by atoms with Crippen molar-refractivity contribution in [3.05, 3.63) is 12.2 Å². The van der Waals surface area contributed by atoms with Crippen LogP contribution in [0.1, 0.15) is 59.3 Å². The molecule has 0 spiro atoms. The Kier molecular flexibility index (Phi) is 3.76. The molecule has 3 rings (SSSR count). The Labute approximate surface area is 126 Å². The summed E-state index contributed by atoms with van der Waals surface area (Å²) in [6.45, 7) is 5.56. The molecule has 0 N–H and O–H groups in total. The van der Waals surface area contributed by atoms with Crippen molar-refractivity contribution in [3.8, 4) is 0 Å². The van der Waals surface area contributed by atoms with Gasteiger partial charge in [0.15, 0.2) is 0 Å². The van der Waals surface area contributed by atoms with Crippen molar-refractivity contribution >= 4 is 6.16 Å². The summed E-state index contributed by atoms with van der Waals surface area (Å²) in [6, 6.07) is 0. The van der Waals surface area contributed by atoms with Crippen LogP contribution in [0.3, 0.4) is 0 Å². The first-order valence-corrected chi connectivity index (χ1v) is 8.13. The Morgan fingerprint density at radius 3 is 2.67 bits per heavy atom. The molecule has 1 aliphatic carbocycles. The third-order valence-corrected chi connectivity index (χ3v) is 4.75. The molecule has 4 heteroatoms. The quantitative estimate of drug-likeness (QED) is 0.570. The number of hydrogen-bond acceptors (Lipinski definition) is 4. The molecule has 3 aliphatic rings. The molecular formula is C17H26O4. The molecule has 21 heavy (non-hydrogen) atoms. The van der Waals surface area contributed by atoms with Crippen molar-refractivity contribution in [1.82, 2.24) is 0 Å². The minimum absolute atomic E-state index is 0.0374. The molecule has 4 atom stereocenters.